The van der Waals surface area contributed by atoms with Crippen molar-refractivity contribution in [3.8, 4) is 0 Å². The molecular formula is C15H12N2O2. The number of fused-ring (bicyclic) bond motifs is 1. The molecule has 0 saturated heterocycles. The molecule has 4 heteroatoms. The van der Waals surface area contributed by atoms with Gasteiger partial charge >= 0.3 is 0 Å². The molecule has 0 aromatic heterocycles. The summed E-state index contributed by atoms with van der Waals surface area (Å²) in [4.78, 5) is 25.4. The highest BCUT2D eigenvalue weighted by molar-refractivity contribution is 6.24. The van der Waals surface area contributed by atoms with Crippen LogP contribution in [-0.2, 0) is 0 Å². The summed E-state index contributed by atoms with van der Waals surface area (Å²) in [7, 11) is 1.88. The maximum absolute atomic E-state index is 11.9. The lowest BCUT2D eigenvalue weighted by Gasteiger charge is -2.21. The van der Waals surface area contributed by atoms with Crippen LogP contribution < -0.4 is 10.2 Å². The SMILES string of the molecule is CN(c1ccccc1)c1cccc2c1C(=O)NC2=O. The van der Waals surface area contributed by atoms with Crippen molar-refractivity contribution in [2.75, 3.05) is 11.9 Å². The van der Waals surface area contributed by atoms with Gasteiger partial charge in [-0.1, -0.05) is 24.3 Å². The predicted octanol–water partition coefficient (Wildman–Crippen LogP) is 2.34. The molecule has 0 aliphatic carbocycles. The molecule has 19 heavy (non-hydrogen) atoms. The van der Waals surface area contributed by atoms with Crippen LogP contribution in [0.15, 0.2) is 48.5 Å². The average molecular weight is 252 g/mol. The zero-order valence-corrected chi connectivity index (χ0v) is 10.4. The van der Waals surface area contributed by atoms with Crippen LogP contribution in [0.4, 0.5) is 11.4 Å². The summed E-state index contributed by atoms with van der Waals surface area (Å²) in [6.45, 7) is 0. The third-order valence-corrected chi connectivity index (χ3v) is 3.25. The predicted molar refractivity (Wildman–Crippen MR) is 72.7 cm³/mol. The number of hydrogen-bond acceptors (Lipinski definition) is 3. The minimum Gasteiger partial charge on any atom is -0.344 e. The lowest BCUT2D eigenvalue weighted by atomic mass is 10.1. The summed E-state index contributed by atoms with van der Waals surface area (Å²) in [5.74, 6) is -0.665. The first kappa shape index (κ1) is 11.5. The van der Waals surface area contributed by atoms with E-state index in [1.807, 2.05) is 48.3 Å². The number of benzene rings is 2. The van der Waals surface area contributed by atoms with Gasteiger partial charge in [0.15, 0.2) is 0 Å². The van der Waals surface area contributed by atoms with Crippen molar-refractivity contribution in [1.82, 2.24) is 5.32 Å². The number of nitrogens with zero attached hydrogens (tertiary/aromatic N) is 1. The molecule has 0 bridgehead atoms. The molecule has 0 fully saturated rings. The number of carbonyl (C=O) groups excluding carboxylic acids is 2. The summed E-state index contributed by atoms with van der Waals surface area (Å²) < 4.78 is 0. The van der Waals surface area contributed by atoms with Gasteiger partial charge in [0, 0.05) is 12.7 Å². The van der Waals surface area contributed by atoms with Crippen LogP contribution in [0.2, 0.25) is 0 Å². The maximum atomic E-state index is 11.9. The summed E-state index contributed by atoms with van der Waals surface area (Å²) in [5.41, 5.74) is 2.57. The van der Waals surface area contributed by atoms with E-state index in [-0.39, 0.29) is 11.8 Å². The van der Waals surface area contributed by atoms with Gasteiger partial charge in [0.1, 0.15) is 0 Å². The van der Waals surface area contributed by atoms with Gasteiger partial charge in [-0.2, -0.15) is 0 Å². The number of hydrogen-bond donors (Lipinski definition) is 1. The fourth-order valence-corrected chi connectivity index (χ4v) is 2.27. The molecule has 0 radical (unpaired) electrons. The molecule has 2 amide bonds. The lowest BCUT2D eigenvalue weighted by molar-refractivity contribution is 0.0880. The monoisotopic (exact) mass is 252 g/mol. The number of nitrogens with one attached hydrogen (secondary N) is 1. The molecule has 1 N–H and O–H groups in total. The molecule has 0 atom stereocenters. The van der Waals surface area contributed by atoms with Gasteiger partial charge in [-0.05, 0) is 24.3 Å². The van der Waals surface area contributed by atoms with E-state index in [2.05, 4.69) is 5.32 Å². The molecule has 0 saturated carbocycles. The van der Waals surface area contributed by atoms with Crippen LogP contribution >= 0.6 is 0 Å². The van der Waals surface area contributed by atoms with Crippen LogP contribution in [0.3, 0.4) is 0 Å². The summed E-state index contributed by atoms with van der Waals surface area (Å²) in [5, 5.41) is 2.32. The molecule has 1 aliphatic heterocycles. The summed E-state index contributed by atoms with van der Waals surface area (Å²) >= 11 is 0. The third-order valence-electron chi connectivity index (χ3n) is 3.25. The molecule has 2 aromatic carbocycles. The first-order chi connectivity index (χ1) is 9.18. The molecule has 94 valence electrons. The van der Waals surface area contributed by atoms with Crippen molar-refractivity contribution >= 4 is 23.2 Å². The lowest BCUT2D eigenvalue weighted by Crippen LogP contribution is -2.21. The first-order valence-corrected chi connectivity index (χ1v) is 5.96. The highest BCUT2D eigenvalue weighted by atomic mass is 16.2. The quantitative estimate of drug-likeness (QED) is 0.834. The highest BCUT2D eigenvalue weighted by Gasteiger charge is 2.30. The van der Waals surface area contributed by atoms with Gasteiger partial charge < -0.3 is 4.90 Å². The highest BCUT2D eigenvalue weighted by Crippen LogP contribution is 2.31. The molecule has 4 nitrogen and oxygen atoms in total. The van der Waals surface area contributed by atoms with Crippen LogP contribution in [0.5, 0.6) is 0 Å². The van der Waals surface area contributed by atoms with Crippen LogP contribution in [0, 0.1) is 0 Å². The van der Waals surface area contributed by atoms with Crippen LogP contribution in [0.1, 0.15) is 20.7 Å². The third kappa shape index (κ3) is 1.78. The molecule has 3 rings (SSSR count). The van der Waals surface area contributed by atoms with Crippen molar-refractivity contribution in [1.29, 1.82) is 0 Å². The van der Waals surface area contributed by atoms with Gasteiger partial charge in [-0.25, -0.2) is 0 Å². The summed E-state index contributed by atoms with van der Waals surface area (Å²) in [6, 6.07) is 15.0. The van der Waals surface area contributed by atoms with E-state index in [1.54, 1.807) is 12.1 Å². The van der Waals surface area contributed by atoms with Crippen molar-refractivity contribution in [2.45, 2.75) is 0 Å². The number of carbonyl (C=O) groups is 2. The zero-order chi connectivity index (χ0) is 13.4. The topological polar surface area (TPSA) is 49.4 Å². The van der Waals surface area contributed by atoms with Gasteiger partial charge in [-0.3, -0.25) is 14.9 Å². The Bertz CT molecular complexity index is 665. The molecular weight excluding hydrogens is 240 g/mol. The van der Waals surface area contributed by atoms with Gasteiger partial charge in [0.05, 0.1) is 16.8 Å². The van der Waals surface area contributed by atoms with E-state index in [4.69, 9.17) is 0 Å². The molecule has 1 heterocycles. The van der Waals surface area contributed by atoms with Gasteiger partial charge in [0.2, 0.25) is 0 Å². The first-order valence-electron chi connectivity index (χ1n) is 5.96. The Balaban J connectivity index is 2.13. The Kier molecular flexibility index (Phi) is 2.56. The fourth-order valence-electron chi connectivity index (χ4n) is 2.27. The standard InChI is InChI=1S/C15H12N2O2/c1-17(10-6-3-2-4-7-10)12-9-5-8-11-13(12)15(19)16-14(11)18/h2-9H,1H3,(H,16,18,19). The van der Waals surface area contributed by atoms with Gasteiger partial charge in [-0.15, -0.1) is 0 Å². The number of para-hydroxylation sites is 1. The molecule has 0 unspecified atom stereocenters. The smallest absolute Gasteiger partial charge is 0.261 e. The largest absolute Gasteiger partial charge is 0.344 e. The molecule has 2 aromatic rings. The second-order valence-electron chi connectivity index (χ2n) is 4.38. The molecule has 1 aliphatic rings. The van der Waals surface area contributed by atoms with Crippen molar-refractivity contribution < 1.29 is 9.59 Å². The van der Waals surface area contributed by atoms with E-state index < -0.39 is 0 Å². The number of amides is 2. The van der Waals surface area contributed by atoms with E-state index in [1.165, 1.54) is 0 Å². The Hall–Kier alpha value is -2.62. The van der Waals surface area contributed by atoms with E-state index >= 15 is 0 Å². The Morgan fingerprint density at radius 1 is 0.895 bits per heavy atom. The Morgan fingerprint density at radius 3 is 2.37 bits per heavy atom. The zero-order valence-electron chi connectivity index (χ0n) is 10.4. The Morgan fingerprint density at radius 2 is 1.63 bits per heavy atom. The summed E-state index contributed by atoms with van der Waals surface area (Å²) in [6.07, 6.45) is 0. The van der Waals surface area contributed by atoms with Crippen molar-refractivity contribution in [2.24, 2.45) is 0 Å². The van der Waals surface area contributed by atoms with E-state index in [0.29, 0.717) is 11.1 Å². The maximum Gasteiger partial charge on any atom is 0.261 e. The number of rotatable bonds is 2. The second kappa shape index (κ2) is 4.24. The average Bonchev–Trinajstić information content (AvgIpc) is 2.74. The Labute approximate surface area is 110 Å². The van der Waals surface area contributed by atoms with Crippen LogP contribution in [-0.4, -0.2) is 18.9 Å². The van der Waals surface area contributed by atoms with Gasteiger partial charge in [0.25, 0.3) is 11.8 Å². The number of anilines is 2. The fraction of sp³-hybridized carbons (Fsp3) is 0.0667. The normalized spacial score (nSPS) is 13.1. The minimum absolute atomic E-state index is 0.330. The van der Waals surface area contributed by atoms with E-state index in [9.17, 15) is 9.59 Å². The van der Waals surface area contributed by atoms with Crippen molar-refractivity contribution in [3.05, 3.63) is 59.7 Å². The second-order valence-corrected chi connectivity index (χ2v) is 4.38. The van der Waals surface area contributed by atoms with Crippen LogP contribution in [0.25, 0.3) is 0 Å². The van der Waals surface area contributed by atoms with Crippen molar-refractivity contribution in [3.63, 3.8) is 0 Å². The number of imide groups is 1. The molecule has 0 spiro atoms. The van der Waals surface area contributed by atoms with E-state index in [0.717, 1.165) is 11.4 Å². The minimum atomic E-state index is -0.335.